The zero-order chi connectivity index (χ0) is 17.9. The fourth-order valence-corrected chi connectivity index (χ4v) is 3.21. The topological polar surface area (TPSA) is 85.1 Å². The van der Waals surface area contributed by atoms with Crippen molar-refractivity contribution in [2.75, 3.05) is 0 Å². The second-order valence-corrected chi connectivity index (χ2v) is 6.40. The molecule has 2 aromatic rings. The maximum atomic E-state index is 12.9. The standard InChI is InChI=1S/C18H20FN3O3/c1-12-20-17(22-25-12)18(10-2-3-11-18)21-16(24)9-8-15(23)13-4-6-14(19)7-5-13/h4-7H,2-3,8-11H2,1H3,(H,21,24). The minimum atomic E-state index is -0.603. The second-order valence-electron chi connectivity index (χ2n) is 6.40. The first kappa shape index (κ1) is 17.3. The lowest BCUT2D eigenvalue weighted by molar-refractivity contribution is -0.123. The van der Waals surface area contributed by atoms with Crippen LogP contribution in [-0.2, 0) is 10.3 Å². The minimum absolute atomic E-state index is 0.0643. The molecule has 1 fully saturated rings. The number of nitrogens with zero attached hydrogens (tertiary/aromatic N) is 2. The molecule has 1 N–H and O–H groups in total. The van der Waals surface area contributed by atoms with Crippen LogP contribution < -0.4 is 5.32 Å². The Morgan fingerprint density at radius 1 is 1.20 bits per heavy atom. The molecule has 1 saturated carbocycles. The molecule has 1 aromatic carbocycles. The third kappa shape index (κ3) is 3.92. The van der Waals surface area contributed by atoms with Gasteiger partial charge in [0.05, 0.1) is 0 Å². The van der Waals surface area contributed by atoms with Crippen LogP contribution in [0, 0.1) is 12.7 Å². The van der Waals surface area contributed by atoms with Crippen LogP contribution in [0.25, 0.3) is 0 Å². The van der Waals surface area contributed by atoms with Crippen molar-refractivity contribution in [1.82, 2.24) is 15.5 Å². The number of Topliss-reactive ketones (excluding diaryl/α,β-unsaturated/α-hetero) is 1. The van der Waals surface area contributed by atoms with Gasteiger partial charge in [-0.05, 0) is 37.1 Å². The van der Waals surface area contributed by atoms with Crippen LogP contribution in [0.3, 0.4) is 0 Å². The number of ketones is 1. The van der Waals surface area contributed by atoms with Crippen LogP contribution in [0.1, 0.15) is 60.6 Å². The van der Waals surface area contributed by atoms with Crippen molar-refractivity contribution < 1.29 is 18.5 Å². The van der Waals surface area contributed by atoms with Gasteiger partial charge in [0.15, 0.2) is 11.6 Å². The van der Waals surface area contributed by atoms with Gasteiger partial charge in [0.25, 0.3) is 0 Å². The van der Waals surface area contributed by atoms with E-state index in [4.69, 9.17) is 4.52 Å². The molecule has 0 atom stereocenters. The predicted molar refractivity (Wildman–Crippen MR) is 87.3 cm³/mol. The third-order valence-corrected chi connectivity index (χ3v) is 4.54. The van der Waals surface area contributed by atoms with Crippen LogP contribution in [0.4, 0.5) is 4.39 Å². The maximum Gasteiger partial charge on any atom is 0.223 e. The van der Waals surface area contributed by atoms with Crippen LogP contribution in [-0.4, -0.2) is 21.8 Å². The fourth-order valence-electron chi connectivity index (χ4n) is 3.21. The first-order valence-electron chi connectivity index (χ1n) is 8.39. The number of benzene rings is 1. The van der Waals surface area contributed by atoms with Crippen LogP contribution >= 0.6 is 0 Å². The van der Waals surface area contributed by atoms with Crippen LogP contribution in [0.15, 0.2) is 28.8 Å². The van der Waals surface area contributed by atoms with Crippen molar-refractivity contribution in [2.24, 2.45) is 0 Å². The highest BCUT2D eigenvalue weighted by atomic mass is 19.1. The van der Waals surface area contributed by atoms with Gasteiger partial charge in [0, 0.05) is 25.3 Å². The Morgan fingerprint density at radius 2 is 1.88 bits per heavy atom. The summed E-state index contributed by atoms with van der Waals surface area (Å²) < 4.78 is 18.0. The lowest BCUT2D eigenvalue weighted by Crippen LogP contribution is -2.44. The Balaban J connectivity index is 1.61. The normalized spacial score (nSPS) is 15.9. The van der Waals surface area contributed by atoms with E-state index in [1.54, 1.807) is 6.92 Å². The van der Waals surface area contributed by atoms with E-state index in [1.165, 1.54) is 24.3 Å². The van der Waals surface area contributed by atoms with E-state index in [9.17, 15) is 14.0 Å². The predicted octanol–water partition coefficient (Wildman–Crippen LogP) is 3.07. The smallest absolute Gasteiger partial charge is 0.223 e. The monoisotopic (exact) mass is 345 g/mol. The first-order chi connectivity index (χ1) is 12.0. The third-order valence-electron chi connectivity index (χ3n) is 4.54. The van der Waals surface area contributed by atoms with Gasteiger partial charge in [-0.2, -0.15) is 4.98 Å². The number of halogens is 1. The Hall–Kier alpha value is -2.57. The summed E-state index contributed by atoms with van der Waals surface area (Å²) in [6.45, 7) is 1.71. The summed E-state index contributed by atoms with van der Waals surface area (Å²) in [7, 11) is 0. The summed E-state index contributed by atoms with van der Waals surface area (Å²) in [6, 6.07) is 5.32. The second kappa shape index (κ2) is 7.13. The molecule has 0 bridgehead atoms. The number of hydrogen-bond donors (Lipinski definition) is 1. The fraction of sp³-hybridized carbons (Fsp3) is 0.444. The molecule has 25 heavy (non-hydrogen) atoms. The molecule has 0 radical (unpaired) electrons. The zero-order valence-electron chi connectivity index (χ0n) is 14.0. The lowest BCUT2D eigenvalue weighted by Gasteiger charge is -2.26. The summed E-state index contributed by atoms with van der Waals surface area (Å²) in [6.07, 6.45) is 3.59. The van der Waals surface area contributed by atoms with E-state index in [-0.39, 0.29) is 24.5 Å². The molecule has 0 saturated heterocycles. The molecule has 6 nitrogen and oxygen atoms in total. The Kier molecular flexibility index (Phi) is 4.92. The molecule has 1 amide bonds. The Bertz CT molecular complexity index is 764. The number of carbonyl (C=O) groups is 2. The molecule has 1 aliphatic rings. The van der Waals surface area contributed by atoms with Crippen LogP contribution in [0.2, 0.25) is 0 Å². The summed E-state index contributed by atoms with van der Waals surface area (Å²) in [5.41, 5.74) is -0.202. The van der Waals surface area contributed by atoms with Crippen molar-refractivity contribution in [3.8, 4) is 0 Å². The highest BCUT2D eigenvalue weighted by molar-refractivity contribution is 5.97. The molecule has 1 heterocycles. The SMILES string of the molecule is Cc1nc(C2(NC(=O)CCC(=O)c3ccc(F)cc3)CCCC2)no1. The maximum absolute atomic E-state index is 12.9. The average molecular weight is 345 g/mol. The highest BCUT2D eigenvalue weighted by Crippen LogP contribution is 2.37. The van der Waals surface area contributed by atoms with Gasteiger partial charge in [-0.15, -0.1) is 0 Å². The van der Waals surface area contributed by atoms with E-state index >= 15 is 0 Å². The zero-order valence-corrected chi connectivity index (χ0v) is 14.0. The summed E-state index contributed by atoms with van der Waals surface area (Å²) in [4.78, 5) is 28.7. The van der Waals surface area contributed by atoms with Gasteiger partial charge >= 0.3 is 0 Å². The number of hydrogen-bond acceptors (Lipinski definition) is 5. The van der Waals surface area contributed by atoms with Gasteiger partial charge in [-0.25, -0.2) is 4.39 Å². The molecule has 3 rings (SSSR count). The number of aryl methyl sites for hydroxylation is 1. The first-order valence-corrected chi connectivity index (χ1v) is 8.39. The molecule has 0 unspecified atom stereocenters. The Labute approximate surface area is 144 Å². The van der Waals surface area contributed by atoms with Gasteiger partial charge in [-0.1, -0.05) is 18.0 Å². The highest BCUT2D eigenvalue weighted by Gasteiger charge is 2.41. The molecule has 132 valence electrons. The summed E-state index contributed by atoms with van der Waals surface area (Å²) >= 11 is 0. The van der Waals surface area contributed by atoms with Gasteiger partial charge in [0.1, 0.15) is 11.4 Å². The molecular formula is C18H20FN3O3. The average Bonchev–Trinajstić information content (AvgIpc) is 3.23. The molecular weight excluding hydrogens is 325 g/mol. The van der Waals surface area contributed by atoms with Gasteiger partial charge < -0.3 is 9.84 Å². The molecule has 1 aromatic heterocycles. The number of aromatic nitrogens is 2. The number of amides is 1. The van der Waals surface area contributed by atoms with Gasteiger partial charge in [-0.3, -0.25) is 9.59 Å². The van der Waals surface area contributed by atoms with E-state index in [0.717, 1.165) is 25.7 Å². The lowest BCUT2D eigenvalue weighted by atomic mass is 9.96. The largest absolute Gasteiger partial charge is 0.343 e. The van der Waals surface area contributed by atoms with E-state index in [1.807, 2.05) is 0 Å². The summed E-state index contributed by atoms with van der Waals surface area (Å²) in [5, 5.41) is 6.97. The van der Waals surface area contributed by atoms with Crippen molar-refractivity contribution in [1.29, 1.82) is 0 Å². The van der Waals surface area contributed by atoms with Gasteiger partial charge in [0.2, 0.25) is 11.8 Å². The number of rotatable bonds is 6. The molecule has 0 aliphatic heterocycles. The van der Waals surface area contributed by atoms with E-state index < -0.39 is 11.4 Å². The number of carbonyl (C=O) groups excluding carboxylic acids is 2. The molecule has 0 spiro atoms. The van der Waals surface area contributed by atoms with Crippen molar-refractivity contribution >= 4 is 11.7 Å². The van der Waals surface area contributed by atoms with Crippen molar-refractivity contribution in [3.05, 3.63) is 47.4 Å². The molecule has 7 heteroatoms. The minimum Gasteiger partial charge on any atom is -0.343 e. The van der Waals surface area contributed by atoms with Crippen LogP contribution in [0.5, 0.6) is 0 Å². The Morgan fingerprint density at radius 3 is 2.48 bits per heavy atom. The summed E-state index contributed by atoms with van der Waals surface area (Å²) in [5.74, 6) is 0.154. The van der Waals surface area contributed by atoms with Crippen molar-refractivity contribution in [3.63, 3.8) is 0 Å². The van der Waals surface area contributed by atoms with E-state index in [2.05, 4.69) is 15.5 Å². The number of nitrogens with one attached hydrogen (secondary N) is 1. The quantitative estimate of drug-likeness (QED) is 0.813. The van der Waals surface area contributed by atoms with E-state index in [0.29, 0.717) is 17.3 Å². The molecule has 1 aliphatic carbocycles. The van der Waals surface area contributed by atoms with Crippen molar-refractivity contribution in [2.45, 2.75) is 51.0 Å².